The molecule has 82 valence electrons. The third kappa shape index (κ3) is 7.65. The molecule has 14 heavy (non-hydrogen) atoms. The van der Waals surface area contributed by atoms with Gasteiger partial charge in [-0.3, -0.25) is 4.79 Å². The van der Waals surface area contributed by atoms with Crippen molar-refractivity contribution in [1.29, 1.82) is 0 Å². The fourth-order valence-corrected chi connectivity index (χ4v) is 1.06. The second kappa shape index (κ2) is 8.60. The lowest BCUT2D eigenvalue weighted by atomic mass is 10.1. The van der Waals surface area contributed by atoms with Crippen LogP contribution in [0.2, 0.25) is 0 Å². The summed E-state index contributed by atoms with van der Waals surface area (Å²) in [6.45, 7) is 3.82. The Morgan fingerprint density at radius 1 is 1.43 bits per heavy atom. The van der Waals surface area contributed by atoms with Crippen LogP contribution in [0.15, 0.2) is 12.3 Å². The predicted octanol–water partition coefficient (Wildman–Crippen LogP) is 2.53. The Bertz CT molecular complexity index is 178. The second-order valence-corrected chi connectivity index (χ2v) is 3.48. The first-order valence-corrected chi connectivity index (χ1v) is 5.32. The summed E-state index contributed by atoms with van der Waals surface area (Å²) in [5, 5.41) is 11.4. The minimum Gasteiger partial charge on any atom is -0.480 e. The van der Waals surface area contributed by atoms with Gasteiger partial charge in [-0.1, -0.05) is 32.3 Å². The zero-order valence-corrected chi connectivity index (χ0v) is 9.12. The summed E-state index contributed by atoms with van der Waals surface area (Å²) in [5.74, 6) is -0.819. The van der Waals surface area contributed by atoms with E-state index in [0.29, 0.717) is 0 Å². The maximum Gasteiger partial charge on any atom is 0.325 e. The molecule has 0 rings (SSSR count). The second-order valence-electron chi connectivity index (χ2n) is 3.48. The molecule has 0 radical (unpaired) electrons. The average Bonchev–Trinajstić information content (AvgIpc) is 2.16. The molecular weight excluding hydrogens is 178 g/mol. The van der Waals surface area contributed by atoms with E-state index in [0.717, 1.165) is 6.42 Å². The zero-order valence-electron chi connectivity index (χ0n) is 9.12. The van der Waals surface area contributed by atoms with Gasteiger partial charge in [0.15, 0.2) is 0 Å². The Morgan fingerprint density at radius 2 is 2.14 bits per heavy atom. The van der Waals surface area contributed by atoms with E-state index in [9.17, 15) is 4.79 Å². The number of allylic oxidation sites excluding steroid dienone is 1. The van der Waals surface area contributed by atoms with Crippen LogP contribution in [0.4, 0.5) is 0 Å². The van der Waals surface area contributed by atoms with Crippen molar-refractivity contribution in [3.63, 3.8) is 0 Å². The van der Waals surface area contributed by atoms with Gasteiger partial charge >= 0.3 is 5.97 Å². The fraction of sp³-hybridized carbons (Fsp3) is 0.727. The number of carboxylic acid groups (broad SMARTS) is 1. The predicted molar refractivity (Wildman–Crippen MR) is 58.1 cm³/mol. The molecule has 0 heterocycles. The van der Waals surface area contributed by atoms with Crippen LogP contribution in [0.3, 0.4) is 0 Å². The molecular formula is C11H21NO2. The molecule has 0 amide bonds. The van der Waals surface area contributed by atoms with Gasteiger partial charge < -0.3 is 10.4 Å². The van der Waals surface area contributed by atoms with Gasteiger partial charge in [0.1, 0.15) is 6.04 Å². The van der Waals surface area contributed by atoms with Crippen molar-refractivity contribution < 1.29 is 9.90 Å². The third-order valence-corrected chi connectivity index (χ3v) is 2.06. The van der Waals surface area contributed by atoms with Gasteiger partial charge in [0, 0.05) is 0 Å². The van der Waals surface area contributed by atoms with Crippen molar-refractivity contribution in [3.05, 3.63) is 12.3 Å². The molecule has 0 unspecified atom stereocenters. The first kappa shape index (κ1) is 13.0. The van der Waals surface area contributed by atoms with Crippen LogP contribution in [0.1, 0.15) is 46.0 Å². The normalized spacial score (nSPS) is 13.0. The Kier molecular flexibility index (Phi) is 7.99. The molecule has 0 saturated carbocycles. The lowest BCUT2D eigenvalue weighted by Gasteiger charge is -2.04. The van der Waals surface area contributed by atoms with E-state index in [1.807, 2.05) is 6.08 Å². The van der Waals surface area contributed by atoms with Crippen LogP contribution < -0.4 is 5.32 Å². The standard InChI is InChI=1S/C11H21NO2/c1-3-4-5-6-7-8-9-12-10(2)11(13)14/h8-10,12H,3-7H2,1-2H3,(H,13,14)/t10-/m0/s1. The van der Waals surface area contributed by atoms with Crippen LogP contribution >= 0.6 is 0 Å². The summed E-state index contributed by atoms with van der Waals surface area (Å²) >= 11 is 0. The molecule has 3 heteroatoms. The highest BCUT2D eigenvalue weighted by Gasteiger charge is 2.05. The van der Waals surface area contributed by atoms with E-state index in [4.69, 9.17) is 5.11 Å². The molecule has 0 saturated heterocycles. The van der Waals surface area contributed by atoms with E-state index in [-0.39, 0.29) is 0 Å². The third-order valence-electron chi connectivity index (χ3n) is 2.06. The average molecular weight is 199 g/mol. The van der Waals surface area contributed by atoms with Crippen LogP contribution in [0, 0.1) is 0 Å². The number of nitrogens with one attached hydrogen (secondary N) is 1. The summed E-state index contributed by atoms with van der Waals surface area (Å²) in [5.41, 5.74) is 0. The molecule has 0 aromatic carbocycles. The van der Waals surface area contributed by atoms with Gasteiger partial charge in [0.2, 0.25) is 0 Å². The smallest absolute Gasteiger partial charge is 0.325 e. The maximum atomic E-state index is 10.4. The number of carbonyl (C=O) groups is 1. The van der Waals surface area contributed by atoms with Crippen molar-refractivity contribution in [2.24, 2.45) is 0 Å². The Labute approximate surface area is 86.2 Å². The number of rotatable bonds is 8. The summed E-state index contributed by atoms with van der Waals surface area (Å²) in [7, 11) is 0. The molecule has 0 aliphatic heterocycles. The van der Waals surface area contributed by atoms with Gasteiger partial charge in [-0.25, -0.2) is 0 Å². The highest BCUT2D eigenvalue weighted by Crippen LogP contribution is 2.02. The van der Waals surface area contributed by atoms with Gasteiger partial charge in [0.25, 0.3) is 0 Å². The summed E-state index contributed by atoms with van der Waals surface area (Å²) in [4.78, 5) is 10.4. The topological polar surface area (TPSA) is 49.3 Å². The van der Waals surface area contributed by atoms with Crippen LogP contribution in [-0.4, -0.2) is 17.1 Å². The highest BCUT2D eigenvalue weighted by atomic mass is 16.4. The largest absolute Gasteiger partial charge is 0.480 e. The van der Waals surface area contributed by atoms with Crippen molar-refractivity contribution in [2.45, 2.75) is 52.0 Å². The summed E-state index contributed by atoms with van der Waals surface area (Å²) in [6.07, 6.45) is 9.74. The molecule has 0 bridgehead atoms. The molecule has 2 N–H and O–H groups in total. The molecule has 0 fully saturated rings. The van der Waals surface area contributed by atoms with Crippen molar-refractivity contribution in [2.75, 3.05) is 0 Å². The molecule has 0 aliphatic carbocycles. The molecule has 1 atom stereocenters. The van der Waals surface area contributed by atoms with Crippen molar-refractivity contribution >= 4 is 5.97 Å². The number of unbranched alkanes of at least 4 members (excludes halogenated alkanes) is 4. The lowest BCUT2D eigenvalue weighted by molar-refractivity contribution is -0.138. The van der Waals surface area contributed by atoms with E-state index in [1.165, 1.54) is 25.7 Å². The fourth-order valence-electron chi connectivity index (χ4n) is 1.06. The maximum absolute atomic E-state index is 10.4. The first-order valence-electron chi connectivity index (χ1n) is 5.32. The van der Waals surface area contributed by atoms with Crippen LogP contribution in [0.5, 0.6) is 0 Å². The monoisotopic (exact) mass is 199 g/mol. The Balaban J connectivity index is 3.31. The van der Waals surface area contributed by atoms with E-state index in [1.54, 1.807) is 13.1 Å². The quantitative estimate of drug-likeness (QED) is 0.591. The van der Waals surface area contributed by atoms with Gasteiger partial charge in [0.05, 0.1) is 0 Å². The molecule has 0 aromatic rings. The first-order chi connectivity index (χ1) is 6.68. The number of carboxylic acids is 1. The van der Waals surface area contributed by atoms with Crippen molar-refractivity contribution in [3.8, 4) is 0 Å². The van der Waals surface area contributed by atoms with E-state index in [2.05, 4.69) is 12.2 Å². The number of aliphatic carboxylic acids is 1. The van der Waals surface area contributed by atoms with Gasteiger partial charge in [-0.15, -0.1) is 0 Å². The van der Waals surface area contributed by atoms with Gasteiger partial charge in [-0.05, 0) is 26.0 Å². The van der Waals surface area contributed by atoms with E-state index < -0.39 is 12.0 Å². The Hall–Kier alpha value is -0.990. The van der Waals surface area contributed by atoms with Crippen molar-refractivity contribution in [1.82, 2.24) is 5.32 Å². The minimum absolute atomic E-state index is 0.498. The van der Waals surface area contributed by atoms with Crippen LogP contribution in [0.25, 0.3) is 0 Å². The molecule has 0 spiro atoms. The molecule has 3 nitrogen and oxygen atoms in total. The van der Waals surface area contributed by atoms with Crippen LogP contribution in [-0.2, 0) is 4.79 Å². The summed E-state index contributed by atoms with van der Waals surface area (Å²) in [6, 6.07) is -0.498. The summed E-state index contributed by atoms with van der Waals surface area (Å²) < 4.78 is 0. The SMILES string of the molecule is CCCCCCC=CN[C@@H](C)C(=O)O. The molecule has 0 aromatic heterocycles. The Morgan fingerprint density at radius 3 is 2.71 bits per heavy atom. The lowest BCUT2D eigenvalue weighted by Crippen LogP contribution is -2.29. The zero-order chi connectivity index (χ0) is 10.8. The highest BCUT2D eigenvalue weighted by molar-refractivity contribution is 5.72. The number of hydrogen-bond acceptors (Lipinski definition) is 2. The number of hydrogen-bond donors (Lipinski definition) is 2. The molecule has 0 aliphatic rings. The van der Waals surface area contributed by atoms with E-state index >= 15 is 0 Å². The van der Waals surface area contributed by atoms with Gasteiger partial charge in [-0.2, -0.15) is 0 Å². The minimum atomic E-state index is -0.819.